The van der Waals surface area contributed by atoms with Crippen LogP contribution in [0.2, 0.25) is 0 Å². The van der Waals surface area contributed by atoms with Crippen molar-refractivity contribution in [2.24, 2.45) is 0 Å². The van der Waals surface area contributed by atoms with Gasteiger partial charge < -0.3 is 19.3 Å². The number of benzene rings is 1. The third kappa shape index (κ3) is 6.00. The number of carbonyl (C=O) groups excluding carboxylic acids is 1. The van der Waals surface area contributed by atoms with Gasteiger partial charge in [-0.25, -0.2) is 4.79 Å². The van der Waals surface area contributed by atoms with E-state index >= 15 is 0 Å². The first-order valence-electron chi connectivity index (χ1n) is 8.51. The molecule has 0 atom stereocenters. The number of carbonyl (C=O) groups is 1. The van der Waals surface area contributed by atoms with Gasteiger partial charge in [-0.05, 0) is 57.9 Å². The van der Waals surface area contributed by atoms with Crippen LogP contribution < -0.4 is 9.64 Å². The largest absolute Gasteiger partial charge is 0.573 e. The van der Waals surface area contributed by atoms with Gasteiger partial charge in [0.25, 0.3) is 0 Å². The molecule has 0 saturated carbocycles. The number of piperidine rings is 1. The number of amides is 1. The average molecular weight is 374 g/mol. The van der Waals surface area contributed by atoms with E-state index < -0.39 is 12.0 Å². The number of rotatable bonds is 3. The number of nitrogens with zero attached hydrogens (tertiary/aromatic N) is 2. The molecule has 1 fully saturated rings. The van der Waals surface area contributed by atoms with Crippen molar-refractivity contribution in [1.29, 1.82) is 0 Å². The first kappa shape index (κ1) is 20.2. The summed E-state index contributed by atoms with van der Waals surface area (Å²) in [6, 6.07) is 5.91. The quantitative estimate of drug-likeness (QED) is 0.785. The molecule has 26 heavy (non-hydrogen) atoms. The zero-order chi connectivity index (χ0) is 19.5. The number of anilines is 1. The second-order valence-corrected chi connectivity index (χ2v) is 7.35. The summed E-state index contributed by atoms with van der Waals surface area (Å²) in [5.41, 5.74) is 0.296. The highest BCUT2D eigenvalue weighted by Gasteiger charge is 2.31. The summed E-state index contributed by atoms with van der Waals surface area (Å²) < 4.78 is 45.9. The molecule has 1 heterocycles. The molecule has 8 heteroatoms. The van der Waals surface area contributed by atoms with E-state index in [9.17, 15) is 18.0 Å². The van der Waals surface area contributed by atoms with Crippen molar-refractivity contribution < 1.29 is 27.4 Å². The van der Waals surface area contributed by atoms with Crippen LogP contribution in [0.5, 0.6) is 5.75 Å². The lowest BCUT2D eigenvalue weighted by atomic mass is 10.0. The topological polar surface area (TPSA) is 42.0 Å². The van der Waals surface area contributed by atoms with Gasteiger partial charge in [-0.2, -0.15) is 0 Å². The Hall–Kier alpha value is -2.12. The molecular formula is C18H25F3N2O3. The van der Waals surface area contributed by atoms with Crippen LogP contribution in [-0.4, -0.2) is 49.1 Å². The molecule has 2 rings (SSSR count). The number of alkyl halides is 3. The van der Waals surface area contributed by atoms with Crippen molar-refractivity contribution in [1.82, 2.24) is 4.90 Å². The fraction of sp³-hybridized carbons (Fsp3) is 0.611. The molecule has 1 aliphatic heterocycles. The van der Waals surface area contributed by atoms with Gasteiger partial charge in [-0.1, -0.05) is 0 Å². The van der Waals surface area contributed by atoms with Crippen LogP contribution in [0, 0.1) is 0 Å². The molecule has 0 unspecified atom stereocenters. The van der Waals surface area contributed by atoms with Crippen molar-refractivity contribution in [3.05, 3.63) is 24.3 Å². The lowest BCUT2D eigenvalue weighted by molar-refractivity contribution is -0.274. The van der Waals surface area contributed by atoms with Gasteiger partial charge in [0, 0.05) is 31.9 Å². The van der Waals surface area contributed by atoms with E-state index in [2.05, 4.69) is 9.64 Å². The first-order valence-corrected chi connectivity index (χ1v) is 8.51. The van der Waals surface area contributed by atoms with Crippen molar-refractivity contribution >= 4 is 11.8 Å². The molecule has 0 bridgehead atoms. The number of hydrogen-bond donors (Lipinski definition) is 0. The summed E-state index contributed by atoms with van der Waals surface area (Å²) in [6.45, 7) is 6.89. The van der Waals surface area contributed by atoms with Gasteiger partial charge in [0.15, 0.2) is 0 Å². The van der Waals surface area contributed by atoms with E-state index in [4.69, 9.17) is 4.74 Å². The molecule has 146 valence electrons. The Bertz CT molecular complexity index is 604. The van der Waals surface area contributed by atoms with Crippen LogP contribution in [0.15, 0.2) is 24.3 Å². The Kier molecular flexibility index (Phi) is 5.93. The molecule has 0 N–H and O–H groups in total. The van der Waals surface area contributed by atoms with Gasteiger partial charge in [0.2, 0.25) is 0 Å². The summed E-state index contributed by atoms with van der Waals surface area (Å²) in [5.74, 6) is -0.235. The van der Waals surface area contributed by atoms with E-state index in [1.807, 2.05) is 20.8 Å². The molecule has 0 aliphatic carbocycles. The smallest absolute Gasteiger partial charge is 0.444 e. The van der Waals surface area contributed by atoms with E-state index in [0.29, 0.717) is 13.1 Å². The minimum atomic E-state index is -4.69. The third-order valence-corrected chi connectivity index (χ3v) is 4.13. The Balaban J connectivity index is 1.89. The Morgan fingerprint density at radius 1 is 1.12 bits per heavy atom. The van der Waals surface area contributed by atoms with Crippen LogP contribution in [0.1, 0.15) is 33.6 Å². The average Bonchev–Trinajstić information content (AvgIpc) is 2.52. The zero-order valence-electron chi connectivity index (χ0n) is 15.5. The van der Waals surface area contributed by atoms with Gasteiger partial charge in [0.05, 0.1) is 0 Å². The standard InChI is InChI=1S/C18H25F3N2O3/c1-17(2,3)26-16(24)22(4)13-9-11-23(12-10-13)14-5-7-15(8-6-14)25-18(19,20)21/h5-8,13H,9-12H2,1-4H3. The van der Waals surface area contributed by atoms with Gasteiger partial charge in [-0.15, -0.1) is 13.2 Å². The van der Waals surface area contributed by atoms with Gasteiger partial charge in [-0.3, -0.25) is 0 Å². The fourth-order valence-electron chi connectivity index (χ4n) is 2.85. The van der Waals surface area contributed by atoms with Crippen LogP contribution in [0.4, 0.5) is 23.7 Å². The summed E-state index contributed by atoms with van der Waals surface area (Å²) in [6.07, 6.45) is -3.51. The fourth-order valence-corrected chi connectivity index (χ4v) is 2.85. The number of halogens is 3. The van der Waals surface area contributed by atoms with Gasteiger partial charge >= 0.3 is 12.5 Å². The predicted molar refractivity (Wildman–Crippen MR) is 92.4 cm³/mol. The molecule has 1 aliphatic rings. The SMILES string of the molecule is CN(C(=O)OC(C)(C)C)C1CCN(c2ccc(OC(F)(F)F)cc2)CC1. The Morgan fingerprint density at radius 3 is 2.12 bits per heavy atom. The number of hydrogen-bond acceptors (Lipinski definition) is 4. The molecule has 0 spiro atoms. The monoisotopic (exact) mass is 374 g/mol. The Labute approximate surface area is 151 Å². The lowest BCUT2D eigenvalue weighted by Gasteiger charge is -2.38. The second kappa shape index (κ2) is 7.63. The number of ether oxygens (including phenoxy) is 2. The predicted octanol–water partition coefficient (Wildman–Crippen LogP) is 4.42. The van der Waals surface area contributed by atoms with Crippen molar-refractivity contribution in [3.63, 3.8) is 0 Å². The minimum Gasteiger partial charge on any atom is -0.444 e. The zero-order valence-corrected chi connectivity index (χ0v) is 15.5. The molecule has 5 nitrogen and oxygen atoms in total. The lowest BCUT2D eigenvalue weighted by Crippen LogP contribution is -2.47. The van der Waals surface area contributed by atoms with Crippen molar-refractivity contribution in [2.45, 2.75) is 51.6 Å². The maximum atomic E-state index is 12.2. The maximum absolute atomic E-state index is 12.2. The van der Waals surface area contributed by atoms with Crippen LogP contribution >= 0.6 is 0 Å². The van der Waals surface area contributed by atoms with Gasteiger partial charge in [0.1, 0.15) is 11.4 Å². The molecular weight excluding hydrogens is 349 g/mol. The van der Waals surface area contributed by atoms with E-state index in [0.717, 1.165) is 18.5 Å². The molecule has 1 saturated heterocycles. The molecule has 1 aromatic carbocycles. The summed E-state index contributed by atoms with van der Waals surface area (Å²) in [7, 11) is 1.73. The Morgan fingerprint density at radius 2 is 1.65 bits per heavy atom. The highest BCUT2D eigenvalue weighted by Crippen LogP contribution is 2.27. The second-order valence-electron chi connectivity index (χ2n) is 7.35. The van der Waals surface area contributed by atoms with Crippen molar-refractivity contribution in [3.8, 4) is 5.75 Å². The van der Waals surface area contributed by atoms with Crippen LogP contribution in [0.3, 0.4) is 0 Å². The van der Waals surface area contributed by atoms with Crippen molar-refractivity contribution in [2.75, 3.05) is 25.0 Å². The normalized spacial score (nSPS) is 16.3. The molecule has 1 aromatic rings. The minimum absolute atomic E-state index is 0.0777. The molecule has 1 amide bonds. The molecule has 0 aromatic heterocycles. The first-order chi connectivity index (χ1) is 11.9. The van der Waals surface area contributed by atoms with Crippen LogP contribution in [-0.2, 0) is 4.74 Å². The van der Waals surface area contributed by atoms with E-state index in [-0.39, 0.29) is 17.9 Å². The third-order valence-electron chi connectivity index (χ3n) is 4.13. The summed E-state index contributed by atoms with van der Waals surface area (Å²) >= 11 is 0. The van der Waals surface area contributed by atoms with E-state index in [1.54, 1.807) is 24.1 Å². The van der Waals surface area contributed by atoms with E-state index in [1.165, 1.54) is 12.1 Å². The maximum Gasteiger partial charge on any atom is 0.573 e. The highest BCUT2D eigenvalue weighted by molar-refractivity contribution is 5.68. The molecule has 0 radical (unpaired) electrons. The highest BCUT2D eigenvalue weighted by atomic mass is 19.4. The summed E-state index contributed by atoms with van der Waals surface area (Å²) in [5, 5.41) is 0. The summed E-state index contributed by atoms with van der Waals surface area (Å²) in [4.78, 5) is 15.9. The van der Waals surface area contributed by atoms with Crippen LogP contribution in [0.25, 0.3) is 0 Å².